The Morgan fingerprint density at radius 2 is 1.93 bits per heavy atom. The molecule has 0 spiro atoms. The summed E-state index contributed by atoms with van der Waals surface area (Å²) in [5.41, 5.74) is 0.662. The molecule has 1 aliphatic rings. The molecule has 0 unspecified atom stereocenters. The van der Waals surface area contributed by atoms with Crippen molar-refractivity contribution >= 4 is 40.6 Å². The fraction of sp³-hybridized carbons (Fsp3) is 0.222. The van der Waals surface area contributed by atoms with E-state index in [1.54, 1.807) is 18.2 Å². The van der Waals surface area contributed by atoms with Crippen molar-refractivity contribution in [3.63, 3.8) is 0 Å². The lowest BCUT2D eigenvalue weighted by Gasteiger charge is -2.26. The highest BCUT2D eigenvalue weighted by Gasteiger charge is 2.43. The van der Waals surface area contributed by atoms with Gasteiger partial charge in [0.25, 0.3) is 0 Å². The number of anilines is 1. The van der Waals surface area contributed by atoms with Crippen molar-refractivity contribution in [2.45, 2.75) is 12.3 Å². The van der Waals surface area contributed by atoms with Crippen LogP contribution in [0.5, 0.6) is 5.75 Å². The van der Waals surface area contributed by atoms with Gasteiger partial charge in [-0.2, -0.15) is 13.2 Å². The number of hydrogen-bond acceptors (Lipinski definition) is 4. The maximum Gasteiger partial charge on any atom is 0.449 e. The molecule has 0 bridgehead atoms. The van der Waals surface area contributed by atoms with Gasteiger partial charge in [-0.05, 0) is 24.3 Å². The molecule has 0 aliphatic carbocycles. The lowest BCUT2D eigenvalue weighted by Crippen LogP contribution is -2.45. The third kappa shape index (κ3) is 3.67. The maximum absolute atomic E-state index is 13.2. The molecular weight excluding hydrogens is 418 g/mol. The molecule has 10 heteroatoms. The Hall–Kier alpha value is -2.29. The smallest absolute Gasteiger partial charge is 0.449 e. The van der Waals surface area contributed by atoms with E-state index in [1.807, 2.05) is 0 Å². The molecule has 0 saturated carbocycles. The second-order valence-corrected chi connectivity index (χ2v) is 6.70. The first-order valence-electron chi connectivity index (χ1n) is 7.92. The van der Waals surface area contributed by atoms with E-state index in [1.165, 1.54) is 25.3 Å². The monoisotopic (exact) mass is 431 g/mol. The van der Waals surface area contributed by atoms with Crippen LogP contribution in [0.25, 0.3) is 0 Å². The van der Waals surface area contributed by atoms with E-state index in [-0.39, 0.29) is 21.3 Å². The molecule has 0 saturated heterocycles. The van der Waals surface area contributed by atoms with Crippen molar-refractivity contribution in [1.29, 1.82) is 10.8 Å². The highest BCUT2D eigenvalue weighted by Crippen LogP contribution is 2.43. The topological polar surface area (TPSA) is 69.4 Å². The molecule has 1 atom stereocenters. The summed E-state index contributed by atoms with van der Waals surface area (Å²) in [5.74, 6) is -1.86. The van der Waals surface area contributed by atoms with E-state index in [0.29, 0.717) is 16.2 Å². The van der Waals surface area contributed by atoms with Gasteiger partial charge in [-0.3, -0.25) is 15.7 Å². The number of methoxy groups -OCH3 is 1. The van der Waals surface area contributed by atoms with Gasteiger partial charge >= 0.3 is 6.18 Å². The summed E-state index contributed by atoms with van der Waals surface area (Å²) >= 11 is 12.5. The van der Waals surface area contributed by atoms with E-state index < -0.39 is 30.6 Å². The molecule has 0 fully saturated rings. The summed E-state index contributed by atoms with van der Waals surface area (Å²) in [6.45, 7) is -0.469. The van der Waals surface area contributed by atoms with Gasteiger partial charge in [-0.25, -0.2) is 0 Å². The van der Waals surface area contributed by atoms with E-state index in [4.69, 9.17) is 43.5 Å². The third-order valence-electron chi connectivity index (χ3n) is 4.16. The standard InChI is InChI=1S/C18H14Cl2F3N3O2/c1-27-13-4-2-3-10(15(13)20)16-11-7-9(19)5-6-12(11)26(14(24)8-28-16)17(25)18(21,22)23/h2-7,16,24-25H,8H2,1H3/t16-/m1/s1. The summed E-state index contributed by atoms with van der Waals surface area (Å²) in [5, 5.41) is 16.1. The first kappa shape index (κ1) is 20.4. The minimum absolute atomic E-state index is 0.0295. The Balaban J connectivity index is 2.22. The van der Waals surface area contributed by atoms with E-state index in [0.717, 1.165) is 0 Å². The largest absolute Gasteiger partial charge is 0.495 e. The quantitative estimate of drug-likeness (QED) is 0.490. The van der Waals surface area contributed by atoms with Crippen LogP contribution >= 0.6 is 23.2 Å². The van der Waals surface area contributed by atoms with Crippen molar-refractivity contribution < 1.29 is 22.6 Å². The Labute approximate surface area is 168 Å². The number of hydrogen-bond donors (Lipinski definition) is 2. The zero-order valence-electron chi connectivity index (χ0n) is 14.4. The molecule has 2 aromatic carbocycles. The van der Waals surface area contributed by atoms with Crippen LogP contribution in [0.15, 0.2) is 36.4 Å². The zero-order chi connectivity index (χ0) is 20.6. The Kier molecular flexibility index (Phi) is 5.56. The molecule has 2 aromatic rings. The first-order valence-corrected chi connectivity index (χ1v) is 8.67. The summed E-state index contributed by atoms with van der Waals surface area (Å²) in [7, 11) is 1.44. The molecule has 1 heterocycles. The van der Waals surface area contributed by atoms with Crippen LogP contribution in [-0.4, -0.2) is 31.6 Å². The molecule has 0 aromatic heterocycles. The minimum atomic E-state index is -4.95. The van der Waals surface area contributed by atoms with Crippen molar-refractivity contribution in [2.75, 3.05) is 18.6 Å². The molecule has 3 rings (SSSR count). The van der Waals surface area contributed by atoms with Crippen LogP contribution in [0.1, 0.15) is 17.2 Å². The molecule has 0 radical (unpaired) electrons. The van der Waals surface area contributed by atoms with Gasteiger partial charge in [0, 0.05) is 16.1 Å². The second kappa shape index (κ2) is 7.62. The van der Waals surface area contributed by atoms with Crippen LogP contribution in [0.3, 0.4) is 0 Å². The van der Waals surface area contributed by atoms with Crippen LogP contribution in [0.2, 0.25) is 10.0 Å². The molecule has 0 amide bonds. The summed E-state index contributed by atoms with van der Waals surface area (Å²) in [6.07, 6.45) is -5.86. The number of rotatable bonds is 2. The number of halogens is 5. The van der Waals surface area contributed by atoms with E-state index in [2.05, 4.69) is 0 Å². The third-order valence-corrected chi connectivity index (χ3v) is 4.80. The SMILES string of the molecule is COc1cccc([C@H]2OCC(=N)N(C(=N)C(F)(F)F)c3ccc(Cl)cc32)c1Cl. The van der Waals surface area contributed by atoms with Crippen LogP contribution in [0.4, 0.5) is 18.9 Å². The van der Waals surface area contributed by atoms with Crippen LogP contribution in [-0.2, 0) is 4.74 Å². The van der Waals surface area contributed by atoms with Crippen LogP contribution < -0.4 is 9.64 Å². The number of ether oxygens (including phenoxy) is 2. The van der Waals surface area contributed by atoms with Crippen molar-refractivity contribution in [3.8, 4) is 5.75 Å². The molecule has 28 heavy (non-hydrogen) atoms. The van der Waals surface area contributed by atoms with Gasteiger partial charge in [0.05, 0.1) is 17.8 Å². The number of fused-ring (bicyclic) bond motifs is 1. The van der Waals surface area contributed by atoms with Crippen molar-refractivity contribution in [2.24, 2.45) is 0 Å². The van der Waals surface area contributed by atoms with Gasteiger partial charge in [-0.1, -0.05) is 35.3 Å². The molecular formula is C18H14Cl2F3N3O2. The van der Waals surface area contributed by atoms with Gasteiger partial charge in [0.2, 0.25) is 5.84 Å². The van der Waals surface area contributed by atoms with E-state index in [9.17, 15) is 13.2 Å². The predicted molar refractivity (Wildman–Crippen MR) is 101 cm³/mol. The number of nitrogens with zero attached hydrogens (tertiary/aromatic N) is 1. The lowest BCUT2D eigenvalue weighted by molar-refractivity contribution is -0.0604. The number of amidine groups is 2. The summed E-state index contributed by atoms with van der Waals surface area (Å²) in [6, 6.07) is 9.10. The average molecular weight is 432 g/mol. The fourth-order valence-corrected chi connectivity index (χ4v) is 3.41. The maximum atomic E-state index is 13.2. The van der Waals surface area contributed by atoms with Gasteiger partial charge in [0.1, 0.15) is 24.3 Å². The second-order valence-electron chi connectivity index (χ2n) is 5.89. The van der Waals surface area contributed by atoms with E-state index >= 15 is 0 Å². The molecule has 1 aliphatic heterocycles. The predicted octanol–water partition coefficient (Wildman–Crippen LogP) is 5.44. The Morgan fingerprint density at radius 3 is 2.57 bits per heavy atom. The molecule has 2 N–H and O–H groups in total. The van der Waals surface area contributed by atoms with Gasteiger partial charge in [0.15, 0.2) is 0 Å². The highest BCUT2D eigenvalue weighted by molar-refractivity contribution is 6.33. The number of nitrogens with one attached hydrogen (secondary N) is 2. The fourth-order valence-electron chi connectivity index (χ4n) is 2.93. The highest BCUT2D eigenvalue weighted by atomic mass is 35.5. The number of alkyl halides is 3. The van der Waals surface area contributed by atoms with Crippen LogP contribution in [0, 0.1) is 10.8 Å². The average Bonchev–Trinajstić information content (AvgIpc) is 2.77. The van der Waals surface area contributed by atoms with Crippen molar-refractivity contribution in [1.82, 2.24) is 0 Å². The minimum Gasteiger partial charge on any atom is -0.495 e. The summed E-state index contributed by atoms with van der Waals surface area (Å²) in [4.78, 5) is 0.500. The normalized spacial score (nSPS) is 17.1. The molecule has 5 nitrogen and oxygen atoms in total. The summed E-state index contributed by atoms with van der Waals surface area (Å²) < 4.78 is 50.6. The number of benzene rings is 2. The van der Waals surface area contributed by atoms with Gasteiger partial charge in [-0.15, -0.1) is 0 Å². The lowest BCUT2D eigenvalue weighted by atomic mass is 9.98. The Bertz CT molecular complexity index is 950. The zero-order valence-corrected chi connectivity index (χ0v) is 15.9. The molecule has 148 valence electrons. The van der Waals surface area contributed by atoms with Crippen molar-refractivity contribution in [3.05, 3.63) is 57.6 Å². The van der Waals surface area contributed by atoms with Gasteiger partial charge < -0.3 is 9.47 Å². The first-order chi connectivity index (χ1) is 13.1. The Morgan fingerprint density at radius 1 is 1.21 bits per heavy atom.